The number of thiocarbonyl (C=S) groups is 1. The Morgan fingerprint density at radius 3 is 2.25 bits per heavy atom. The van der Waals surface area contributed by atoms with Crippen molar-refractivity contribution >= 4 is 27.2 Å². The van der Waals surface area contributed by atoms with E-state index in [1.807, 2.05) is 6.92 Å². The van der Waals surface area contributed by atoms with Crippen LogP contribution in [0.3, 0.4) is 0 Å². The van der Waals surface area contributed by atoms with Crippen LogP contribution in [0.5, 0.6) is 0 Å². The van der Waals surface area contributed by atoms with Crippen LogP contribution in [0.1, 0.15) is 32.6 Å². The van der Waals surface area contributed by atoms with E-state index in [2.05, 4.69) is 0 Å². The molecule has 1 aliphatic carbocycles. The zero-order valence-electron chi connectivity index (χ0n) is 9.48. The van der Waals surface area contributed by atoms with Crippen molar-refractivity contribution < 1.29 is 8.42 Å². The van der Waals surface area contributed by atoms with Crippen molar-refractivity contribution in [1.82, 2.24) is 4.31 Å². The van der Waals surface area contributed by atoms with Crippen LogP contribution < -0.4 is 5.73 Å². The molecule has 0 aromatic heterocycles. The fourth-order valence-corrected chi connectivity index (χ4v) is 4.11. The summed E-state index contributed by atoms with van der Waals surface area (Å²) in [6.07, 6.45) is 3.14. The molecule has 16 heavy (non-hydrogen) atoms. The van der Waals surface area contributed by atoms with Gasteiger partial charge in [0.2, 0.25) is 10.0 Å². The third-order valence-electron chi connectivity index (χ3n) is 3.73. The van der Waals surface area contributed by atoms with Crippen LogP contribution in [-0.2, 0) is 10.0 Å². The quantitative estimate of drug-likeness (QED) is 0.767. The Balaban J connectivity index is 2.02. The van der Waals surface area contributed by atoms with Crippen LogP contribution in [0.15, 0.2) is 0 Å². The Bertz CT molecular complexity index is 393. The fraction of sp³-hybridized carbons (Fsp3) is 0.900. The van der Waals surface area contributed by atoms with E-state index in [4.69, 9.17) is 18.0 Å². The molecule has 0 bridgehead atoms. The lowest BCUT2D eigenvalue weighted by Gasteiger charge is -2.38. The Kier molecular flexibility index (Phi) is 3.01. The highest BCUT2D eigenvalue weighted by Gasteiger charge is 2.43. The molecule has 0 aromatic rings. The molecule has 92 valence electrons. The topological polar surface area (TPSA) is 63.4 Å². The molecule has 2 fully saturated rings. The summed E-state index contributed by atoms with van der Waals surface area (Å²) in [5.41, 5.74) is 5.53. The Labute approximate surface area is 102 Å². The average Bonchev–Trinajstić information content (AvgIpc) is 3.01. The number of nitrogens with two attached hydrogens (primary N) is 1. The maximum atomic E-state index is 12.0. The van der Waals surface area contributed by atoms with E-state index in [9.17, 15) is 8.42 Å². The minimum absolute atomic E-state index is 0.110. The summed E-state index contributed by atoms with van der Waals surface area (Å²) in [4.78, 5) is 0.510. The minimum Gasteiger partial charge on any atom is -0.393 e. The van der Waals surface area contributed by atoms with E-state index in [0.717, 1.165) is 25.7 Å². The van der Waals surface area contributed by atoms with E-state index in [1.54, 1.807) is 4.31 Å². The van der Waals surface area contributed by atoms with E-state index >= 15 is 0 Å². The molecule has 1 saturated heterocycles. The predicted octanol–water partition coefficient (Wildman–Crippen LogP) is 0.867. The molecule has 4 nitrogen and oxygen atoms in total. The highest BCUT2D eigenvalue weighted by Crippen LogP contribution is 2.36. The van der Waals surface area contributed by atoms with Crippen LogP contribution in [0.2, 0.25) is 0 Å². The molecule has 1 saturated carbocycles. The summed E-state index contributed by atoms with van der Waals surface area (Å²) in [6.45, 7) is 3.15. The summed E-state index contributed by atoms with van der Waals surface area (Å²) in [5.74, 6) is 0. The lowest BCUT2D eigenvalue weighted by Crippen LogP contribution is -2.47. The smallest absolute Gasteiger partial charge is 0.216 e. The molecule has 2 aliphatic rings. The third-order valence-corrected chi connectivity index (χ3v) is 6.62. The first-order valence-corrected chi connectivity index (χ1v) is 7.56. The molecule has 1 heterocycles. The van der Waals surface area contributed by atoms with Gasteiger partial charge < -0.3 is 5.73 Å². The van der Waals surface area contributed by atoms with E-state index in [1.165, 1.54) is 0 Å². The second-order valence-corrected chi connectivity index (χ2v) is 7.72. The first kappa shape index (κ1) is 12.3. The van der Waals surface area contributed by atoms with Crippen LogP contribution in [0.4, 0.5) is 0 Å². The summed E-state index contributed by atoms with van der Waals surface area (Å²) in [7, 11) is -3.02. The van der Waals surface area contributed by atoms with E-state index < -0.39 is 10.0 Å². The second kappa shape index (κ2) is 3.92. The van der Waals surface area contributed by atoms with Gasteiger partial charge in [-0.25, -0.2) is 12.7 Å². The number of nitrogens with zero attached hydrogens (tertiary/aromatic N) is 1. The Morgan fingerprint density at radius 2 is 1.88 bits per heavy atom. The van der Waals surface area contributed by atoms with Crippen LogP contribution in [0.25, 0.3) is 0 Å². The van der Waals surface area contributed by atoms with E-state index in [0.29, 0.717) is 18.1 Å². The van der Waals surface area contributed by atoms with Crippen molar-refractivity contribution in [2.75, 3.05) is 13.1 Å². The summed E-state index contributed by atoms with van der Waals surface area (Å²) in [6, 6.07) is 0. The minimum atomic E-state index is -3.02. The Hall–Kier alpha value is -0.200. The van der Waals surface area contributed by atoms with Gasteiger partial charge in [0.25, 0.3) is 0 Å². The standard InChI is InChI=1S/C10H18N2O2S2/c1-10(9(11)15)4-6-12(7-5-10)16(13,14)8-2-3-8/h8H,2-7H2,1H3,(H2,11,15). The number of sulfonamides is 1. The van der Waals surface area contributed by atoms with Gasteiger partial charge >= 0.3 is 0 Å². The van der Waals surface area contributed by atoms with Crippen molar-refractivity contribution in [3.63, 3.8) is 0 Å². The van der Waals surface area contributed by atoms with Gasteiger partial charge in [-0.05, 0) is 25.7 Å². The monoisotopic (exact) mass is 262 g/mol. The average molecular weight is 262 g/mol. The zero-order valence-corrected chi connectivity index (χ0v) is 11.1. The molecule has 0 spiro atoms. The number of hydrogen-bond acceptors (Lipinski definition) is 3. The first-order valence-electron chi connectivity index (χ1n) is 5.65. The van der Waals surface area contributed by atoms with Crippen LogP contribution in [0, 0.1) is 5.41 Å². The van der Waals surface area contributed by atoms with Gasteiger partial charge in [-0.15, -0.1) is 0 Å². The van der Waals surface area contributed by atoms with Crippen LogP contribution >= 0.6 is 12.2 Å². The highest BCUT2D eigenvalue weighted by molar-refractivity contribution is 7.90. The number of piperidine rings is 1. The molecule has 1 aliphatic heterocycles. The van der Waals surface area contributed by atoms with Gasteiger partial charge in [0.05, 0.1) is 10.2 Å². The number of rotatable bonds is 3. The first-order chi connectivity index (χ1) is 7.36. The van der Waals surface area contributed by atoms with Crippen molar-refractivity contribution in [2.24, 2.45) is 11.1 Å². The van der Waals surface area contributed by atoms with Gasteiger partial charge in [0.1, 0.15) is 0 Å². The molecule has 0 unspecified atom stereocenters. The van der Waals surface area contributed by atoms with Crippen molar-refractivity contribution in [2.45, 2.75) is 37.9 Å². The zero-order chi connectivity index (χ0) is 12.0. The molecule has 2 rings (SSSR count). The normalized spacial score (nSPS) is 26.6. The van der Waals surface area contributed by atoms with E-state index in [-0.39, 0.29) is 10.7 Å². The van der Waals surface area contributed by atoms with Crippen molar-refractivity contribution in [3.8, 4) is 0 Å². The fourth-order valence-electron chi connectivity index (χ4n) is 2.06. The molecule has 0 radical (unpaired) electrons. The molecule has 2 N–H and O–H groups in total. The molecule has 0 atom stereocenters. The highest BCUT2D eigenvalue weighted by atomic mass is 32.2. The number of hydrogen-bond donors (Lipinski definition) is 1. The maximum Gasteiger partial charge on any atom is 0.216 e. The molecular formula is C10H18N2O2S2. The lowest BCUT2D eigenvalue weighted by atomic mass is 9.81. The lowest BCUT2D eigenvalue weighted by molar-refractivity contribution is 0.243. The summed E-state index contributed by atoms with van der Waals surface area (Å²) < 4.78 is 25.6. The SMILES string of the molecule is CC1(C(N)=S)CCN(S(=O)(=O)C2CC2)CC1. The van der Waals surface area contributed by atoms with Gasteiger partial charge in [-0.3, -0.25) is 0 Å². The second-order valence-electron chi connectivity index (χ2n) is 5.07. The largest absolute Gasteiger partial charge is 0.393 e. The molecule has 0 aromatic carbocycles. The van der Waals surface area contributed by atoms with Gasteiger partial charge in [-0.1, -0.05) is 19.1 Å². The van der Waals surface area contributed by atoms with Crippen LogP contribution in [-0.4, -0.2) is 36.1 Å². The van der Waals surface area contributed by atoms with Gasteiger partial charge in [0.15, 0.2) is 0 Å². The van der Waals surface area contributed by atoms with Gasteiger partial charge in [0, 0.05) is 18.5 Å². The molecule has 6 heteroatoms. The Morgan fingerprint density at radius 1 is 1.38 bits per heavy atom. The van der Waals surface area contributed by atoms with Crippen molar-refractivity contribution in [3.05, 3.63) is 0 Å². The summed E-state index contributed by atoms with van der Waals surface area (Å²) >= 11 is 5.03. The summed E-state index contributed by atoms with van der Waals surface area (Å²) in [5, 5.41) is -0.110. The third kappa shape index (κ3) is 2.10. The predicted molar refractivity (Wildman–Crippen MR) is 67.6 cm³/mol. The van der Waals surface area contributed by atoms with Gasteiger partial charge in [-0.2, -0.15) is 0 Å². The molecule has 0 amide bonds. The molecular weight excluding hydrogens is 244 g/mol. The maximum absolute atomic E-state index is 12.0. The van der Waals surface area contributed by atoms with Crippen molar-refractivity contribution in [1.29, 1.82) is 0 Å².